The van der Waals surface area contributed by atoms with Crippen molar-refractivity contribution in [2.24, 2.45) is 11.7 Å². The maximum Gasteiger partial charge on any atom is 0.243 e. The third-order valence-electron chi connectivity index (χ3n) is 3.85. The fraction of sp³-hybridized carbons (Fsp3) is 0.500. The highest BCUT2D eigenvalue weighted by Crippen LogP contribution is 2.29. The van der Waals surface area contributed by atoms with Gasteiger partial charge >= 0.3 is 0 Å². The minimum atomic E-state index is -3.54. The molecule has 1 fully saturated rings. The van der Waals surface area contributed by atoms with Gasteiger partial charge in [0, 0.05) is 31.7 Å². The third-order valence-corrected chi connectivity index (χ3v) is 5.79. The zero-order chi connectivity index (χ0) is 15.6. The normalized spacial score (nSPS) is 23.2. The summed E-state index contributed by atoms with van der Waals surface area (Å²) in [5.74, 6) is 0.0746. The average molecular weight is 311 g/mol. The van der Waals surface area contributed by atoms with Crippen molar-refractivity contribution in [2.45, 2.75) is 31.2 Å². The Kier molecular flexibility index (Phi) is 4.65. The highest BCUT2D eigenvalue weighted by atomic mass is 32.2. The number of nitrogens with zero attached hydrogens (tertiary/aromatic N) is 1. The van der Waals surface area contributed by atoms with Gasteiger partial charge < -0.3 is 11.1 Å². The van der Waals surface area contributed by atoms with Crippen molar-refractivity contribution < 1.29 is 13.2 Å². The Morgan fingerprint density at radius 3 is 2.52 bits per heavy atom. The van der Waals surface area contributed by atoms with E-state index < -0.39 is 10.0 Å². The summed E-state index contributed by atoms with van der Waals surface area (Å²) in [6, 6.07) is 6.05. The number of sulfonamides is 1. The monoisotopic (exact) mass is 311 g/mol. The van der Waals surface area contributed by atoms with E-state index in [1.54, 1.807) is 12.1 Å². The van der Waals surface area contributed by atoms with Crippen molar-refractivity contribution in [1.82, 2.24) is 4.31 Å². The van der Waals surface area contributed by atoms with E-state index >= 15 is 0 Å². The molecule has 116 valence electrons. The number of amides is 1. The first-order valence-electron chi connectivity index (χ1n) is 6.96. The molecule has 2 atom stereocenters. The van der Waals surface area contributed by atoms with Crippen LogP contribution in [0.1, 0.15) is 20.3 Å². The van der Waals surface area contributed by atoms with Crippen LogP contribution in [0.15, 0.2) is 29.2 Å². The van der Waals surface area contributed by atoms with Crippen LogP contribution in [0.3, 0.4) is 0 Å². The number of carbonyl (C=O) groups is 1. The van der Waals surface area contributed by atoms with Gasteiger partial charge in [0.2, 0.25) is 15.9 Å². The van der Waals surface area contributed by atoms with Crippen LogP contribution in [0, 0.1) is 5.92 Å². The van der Waals surface area contributed by atoms with Crippen LogP contribution in [-0.2, 0) is 14.8 Å². The van der Waals surface area contributed by atoms with Gasteiger partial charge in [-0.15, -0.1) is 0 Å². The molecule has 1 heterocycles. The lowest BCUT2D eigenvalue weighted by Crippen LogP contribution is -2.42. The predicted octanol–water partition coefficient (Wildman–Crippen LogP) is 1.00. The van der Waals surface area contributed by atoms with Gasteiger partial charge in [0.05, 0.1) is 4.90 Å². The SMILES string of the molecule is CC(=O)Nc1ccc(S(=O)(=O)N2CCC(C)C2CN)cc1. The molecule has 0 spiro atoms. The molecule has 0 radical (unpaired) electrons. The highest BCUT2D eigenvalue weighted by Gasteiger charge is 2.38. The van der Waals surface area contributed by atoms with E-state index in [0.717, 1.165) is 6.42 Å². The smallest absolute Gasteiger partial charge is 0.243 e. The Morgan fingerprint density at radius 1 is 1.38 bits per heavy atom. The minimum absolute atomic E-state index is 0.148. The first-order chi connectivity index (χ1) is 9.86. The molecule has 2 rings (SSSR count). The third kappa shape index (κ3) is 3.25. The second kappa shape index (κ2) is 6.13. The van der Waals surface area contributed by atoms with E-state index in [1.165, 1.54) is 23.4 Å². The fourth-order valence-electron chi connectivity index (χ4n) is 2.67. The highest BCUT2D eigenvalue weighted by molar-refractivity contribution is 7.89. The van der Waals surface area contributed by atoms with Gasteiger partial charge in [-0.1, -0.05) is 6.92 Å². The summed E-state index contributed by atoms with van der Waals surface area (Å²) in [7, 11) is -3.54. The first kappa shape index (κ1) is 15.9. The number of carbonyl (C=O) groups excluding carboxylic acids is 1. The van der Waals surface area contributed by atoms with E-state index in [-0.39, 0.29) is 22.8 Å². The quantitative estimate of drug-likeness (QED) is 0.867. The molecular formula is C14H21N3O3S. The molecule has 3 N–H and O–H groups in total. The zero-order valence-corrected chi connectivity index (χ0v) is 13.1. The van der Waals surface area contributed by atoms with Crippen molar-refractivity contribution in [3.05, 3.63) is 24.3 Å². The molecular weight excluding hydrogens is 290 g/mol. The van der Waals surface area contributed by atoms with Crippen LogP contribution in [0.25, 0.3) is 0 Å². The van der Waals surface area contributed by atoms with E-state index in [2.05, 4.69) is 5.32 Å². The summed E-state index contributed by atoms with van der Waals surface area (Å²) in [6.45, 7) is 4.25. The Morgan fingerprint density at radius 2 is 2.00 bits per heavy atom. The van der Waals surface area contributed by atoms with Crippen molar-refractivity contribution in [3.63, 3.8) is 0 Å². The summed E-state index contributed by atoms with van der Waals surface area (Å²) in [5, 5.41) is 2.61. The first-order valence-corrected chi connectivity index (χ1v) is 8.40. The molecule has 0 aliphatic carbocycles. The van der Waals surface area contributed by atoms with Gasteiger partial charge in [-0.2, -0.15) is 4.31 Å². The van der Waals surface area contributed by atoms with Gasteiger partial charge in [0.1, 0.15) is 0 Å². The van der Waals surface area contributed by atoms with Gasteiger partial charge in [-0.05, 0) is 36.6 Å². The number of nitrogens with one attached hydrogen (secondary N) is 1. The van der Waals surface area contributed by atoms with E-state index in [1.807, 2.05) is 6.92 Å². The largest absolute Gasteiger partial charge is 0.329 e. The summed E-state index contributed by atoms with van der Waals surface area (Å²) in [4.78, 5) is 11.2. The number of anilines is 1. The maximum atomic E-state index is 12.7. The number of nitrogens with two attached hydrogens (primary N) is 1. The molecule has 1 aromatic carbocycles. The van der Waals surface area contributed by atoms with Crippen LogP contribution in [-0.4, -0.2) is 37.8 Å². The molecule has 7 heteroatoms. The molecule has 1 aromatic rings. The van der Waals surface area contributed by atoms with Gasteiger partial charge in [0.15, 0.2) is 0 Å². The van der Waals surface area contributed by atoms with Gasteiger partial charge in [-0.3, -0.25) is 4.79 Å². The molecule has 0 aromatic heterocycles. The fourth-order valence-corrected chi connectivity index (χ4v) is 4.42. The van der Waals surface area contributed by atoms with Gasteiger partial charge in [-0.25, -0.2) is 8.42 Å². The standard InChI is InChI=1S/C14H21N3O3S/c1-10-7-8-17(14(10)9-15)21(19,20)13-5-3-12(4-6-13)16-11(2)18/h3-6,10,14H,7-9,15H2,1-2H3,(H,16,18). The molecule has 0 saturated carbocycles. The summed E-state index contributed by atoms with van der Waals surface area (Å²) >= 11 is 0. The molecule has 21 heavy (non-hydrogen) atoms. The van der Waals surface area contributed by atoms with E-state index in [9.17, 15) is 13.2 Å². The van der Waals surface area contributed by atoms with Crippen LogP contribution in [0.5, 0.6) is 0 Å². The van der Waals surface area contributed by atoms with Crippen LogP contribution in [0.2, 0.25) is 0 Å². The maximum absolute atomic E-state index is 12.7. The predicted molar refractivity (Wildman–Crippen MR) is 81.3 cm³/mol. The summed E-state index contributed by atoms with van der Waals surface area (Å²) < 4.78 is 26.8. The molecule has 1 saturated heterocycles. The number of rotatable bonds is 4. The number of hydrogen-bond acceptors (Lipinski definition) is 4. The van der Waals surface area contributed by atoms with Crippen LogP contribution in [0.4, 0.5) is 5.69 Å². The lowest BCUT2D eigenvalue weighted by atomic mass is 10.0. The van der Waals surface area contributed by atoms with Crippen LogP contribution < -0.4 is 11.1 Å². The topological polar surface area (TPSA) is 92.5 Å². The zero-order valence-electron chi connectivity index (χ0n) is 12.2. The molecule has 2 unspecified atom stereocenters. The van der Waals surface area contributed by atoms with Crippen molar-refractivity contribution in [1.29, 1.82) is 0 Å². The van der Waals surface area contributed by atoms with Gasteiger partial charge in [0.25, 0.3) is 0 Å². The Hall–Kier alpha value is -1.44. The number of hydrogen-bond donors (Lipinski definition) is 2. The second-order valence-electron chi connectivity index (χ2n) is 5.39. The van der Waals surface area contributed by atoms with Crippen molar-refractivity contribution in [3.8, 4) is 0 Å². The summed E-state index contributed by atoms with van der Waals surface area (Å²) in [6.07, 6.45) is 0.824. The van der Waals surface area contributed by atoms with Crippen molar-refractivity contribution >= 4 is 21.6 Å². The number of benzene rings is 1. The second-order valence-corrected chi connectivity index (χ2v) is 7.28. The van der Waals surface area contributed by atoms with Crippen LogP contribution >= 0.6 is 0 Å². The molecule has 1 amide bonds. The Labute approximate surface area is 125 Å². The lowest BCUT2D eigenvalue weighted by Gasteiger charge is -2.25. The Bertz CT molecular complexity index is 613. The minimum Gasteiger partial charge on any atom is -0.329 e. The van der Waals surface area contributed by atoms with E-state index in [4.69, 9.17) is 5.73 Å². The molecule has 1 aliphatic heterocycles. The lowest BCUT2D eigenvalue weighted by molar-refractivity contribution is -0.114. The summed E-state index contributed by atoms with van der Waals surface area (Å²) in [5.41, 5.74) is 6.29. The molecule has 1 aliphatic rings. The van der Waals surface area contributed by atoms with E-state index in [0.29, 0.717) is 18.8 Å². The molecule has 6 nitrogen and oxygen atoms in total. The average Bonchev–Trinajstić information content (AvgIpc) is 2.80. The molecule has 0 bridgehead atoms. The van der Waals surface area contributed by atoms with Crippen molar-refractivity contribution in [2.75, 3.05) is 18.4 Å². The Balaban J connectivity index is 2.25.